The van der Waals surface area contributed by atoms with E-state index in [0.29, 0.717) is 12.5 Å². The average Bonchev–Trinajstić information content (AvgIpc) is 2.39. The number of nitrogens with two attached hydrogens (primary N) is 1. The summed E-state index contributed by atoms with van der Waals surface area (Å²) in [5.74, 6) is 6.98. The van der Waals surface area contributed by atoms with Crippen molar-refractivity contribution in [2.24, 2.45) is 11.8 Å². The molecule has 1 aromatic carbocycles. The summed E-state index contributed by atoms with van der Waals surface area (Å²) in [7, 11) is 0. The lowest BCUT2D eigenvalue weighted by atomic mass is 9.94. The summed E-state index contributed by atoms with van der Waals surface area (Å²) in [5.41, 5.74) is 3.99. The Balaban J connectivity index is 2.88. The standard InChI is InChI=1S/C16H28N2O2/c1-6-19-16(11(2)3)15(18-17)13-7-9-14(10-8-13)20-12(4)5/h7-12,15-16,18H,6,17H2,1-5H3. The first-order valence-electron chi connectivity index (χ1n) is 7.33. The summed E-state index contributed by atoms with van der Waals surface area (Å²) < 4.78 is 11.5. The Labute approximate surface area is 122 Å². The Morgan fingerprint density at radius 1 is 1.10 bits per heavy atom. The zero-order chi connectivity index (χ0) is 15.1. The van der Waals surface area contributed by atoms with Crippen molar-refractivity contribution in [1.29, 1.82) is 0 Å². The van der Waals surface area contributed by atoms with Crippen LogP contribution < -0.4 is 16.0 Å². The molecule has 0 spiro atoms. The Bertz CT molecular complexity index is 377. The molecule has 20 heavy (non-hydrogen) atoms. The minimum Gasteiger partial charge on any atom is -0.491 e. The van der Waals surface area contributed by atoms with Crippen LogP contribution in [0, 0.1) is 5.92 Å². The van der Waals surface area contributed by atoms with Crippen molar-refractivity contribution in [1.82, 2.24) is 5.43 Å². The van der Waals surface area contributed by atoms with E-state index in [0.717, 1.165) is 11.3 Å². The quantitative estimate of drug-likeness (QED) is 0.567. The molecule has 0 aliphatic carbocycles. The molecule has 0 heterocycles. The second-order valence-corrected chi connectivity index (χ2v) is 5.54. The second-order valence-electron chi connectivity index (χ2n) is 5.54. The fraction of sp³-hybridized carbons (Fsp3) is 0.625. The number of ether oxygens (including phenoxy) is 2. The van der Waals surface area contributed by atoms with Crippen molar-refractivity contribution >= 4 is 0 Å². The first-order valence-corrected chi connectivity index (χ1v) is 7.33. The maximum atomic E-state index is 5.83. The first kappa shape index (κ1) is 17.0. The van der Waals surface area contributed by atoms with E-state index in [9.17, 15) is 0 Å². The van der Waals surface area contributed by atoms with E-state index < -0.39 is 0 Å². The molecular weight excluding hydrogens is 252 g/mol. The molecule has 1 aromatic rings. The molecule has 3 N–H and O–H groups in total. The van der Waals surface area contributed by atoms with Crippen molar-refractivity contribution < 1.29 is 9.47 Å². The predicted molar refractivity (Wildman–Crippen MR) is 82.5 cm³/mol. The second kappa shape index (κ2) is 8.25. The summed E-state index contributed by atoms with van der Waals surface area (Å²) >= 11 is 0. The van der Waals surface area contributed by atoms with Crippen LogP contribution in [0.1, 0.15) is 46.2 Å². The lowest BCUT2D eigenvalue weighted by Crippen LogP contribution is -2.40. The van der Waals surface area contributed by atoms with Gasteiger partial charge in [-0.05, 0) is 44.4 Å². The number of nitrogens with one attached hydrogen (secondary N) is 1. The molecule has 0 saturated heterocycles. The fourth-order valence-corrected chi connectivity index (χ4v) is 2.27. The summed E-state index contributed by atoms with van der Waals surface area (Å²) in [6.07, 6.45) is 0.220. The van der Waals surface area contributed by atoms with Gasteiger partial charge in [0.2, 0.25) is 0 Å². The van der Waals surface area contributed by atoms with Gasteiger partial charge in [-0.1, -0.05) is 26.0 Å². The van der Waals surface area contributed by atoms with Crippen LogP contribution in [0.15, 0.2) is 24.3 Å². The summed E-state index contributed by atoms with van der Waals surface area (Å²) in [5, 5.41) is 0. The highest BCUT2D eigenvalue weighted by Crippen LogP contribution is 2.26. The normalized spacial score (nSPS) is 14.6. The zero-order valence-corrected chi connectivity index (χ0v) is 13.2. The van der Waals surface area contributed by atoms with E-state index in [1.54, 1.807) is 0 Å². The molecule has 0 bridgehead atoms. The number of hydrogen-bond donors (Lipinski definition) is 2. The van der Waals surface area contributed by atoms with Crippen LogP contribution in [0.3, 0.4) is 0 Å². The predicted octanol–water partition coefficient (Wildman–Crippen LogP) is 3.04. The van der Waals surface area contributed by atoms with Gasteiger partial charge in [0, 0.05) is 6.61 Å². The van der Waals surface area contributed by atoms with Crippen LogP contribution in [0.2, 0.25) is 0 Å². The molecule has 4 heteroatoms. The summed E-state index contributed by atoms with van der Waals surface area (Å²) in [6, 6.07) is 8.00. The smallest absolute Gasteiger partial charge is 0.119 e. The number of hydrazine groups is 1. The lowest BCUT2D eigenvalue weighted by Gasteiger charge is -2.30. The Kier molecular flexibility index (Phi) is 6.99. The first-order chi connectivity index (χ1) is 9.49. The van der Waals surface area contributed by atoms with Crippen LogP contribution in [-0.4, -0.2) is 18.8 Å². The van der Waals surface area contributed by atoms with Gasteiger partial charge in [-0.25, -0.2) is 0 Å². The van der Waals surface area contributed by atoms with Crippen LogP contribution in [-0.2, 0) is 4.74 Å². The Hall–Kier alpha value is -1.10. The topological polar surface area (TPSA) is 56.5 Å². The van der Waals surface area contributed by atoms with Gasteiger partial charge in [0.05, 0.1) is 18.2 Å². The maximum Gasteiger partial charge on any atom is 0.119 e. The Morgan fingerprint density at radius 3 is 2.10 bits per heavy atom. The van der Waals surface area contributed by atoms with E-state index in [4.69, 9.17) is 15.3 Å². The minimum absolute atomic E-state index is 0.0250. The van der Waals surface area contributed by atoms with E-state index >= 15 is 0 Å². The highest BCUT2D eigenvalue weighted by Gasteiger charge is 2.25. The molecule has 0 fully saturated rings. The molecule has 1 rings (SSSR count). The monoisotopic (exact) mass is 280 g/mol. The molecule has 0 aliphatic rings. The van der Waals surface area contributed by atoms with Gasteiger partial charge >= 0.3 is 0 Å². The van der Waals surface area contributed by atoms with Gasteiger partial charge in [-0.2, -0.15) is 0 Å². The van der Waals surface area contributed by atoms with Crippen molar-refractivity contribution in [3.8, 4) is 5.75 Å². The van der Waals surface area contributed by atoms with E-state index in [1.807, 2.05) is 45.0 Å². The van der Waals surface area contributed by atoms with Gasteiger partial charge in [-0.3, -0.25) is 11.3 Å². The zero-order valence-electron chi connectivity index (χ0n) is 13.2. The number of rotatable bonds is 8. The summed E-state index contributed by atoms with van der Waals surface area (Å²) in [6.45, 7) is 11.0. The molecule has 0 aliphatic heterocycles. The van der Waals surface area contributed by atoms with Gasteiger partial charge in [0.15, 0.2) is 0 Å². The SMILES string of the molecule is CCOC(C(C)C)C(NN)c1ccc(OC(C)C)cc1. The van der Waals surface area contributed by atoms with Crippen LogP contribution >= 0.6 is 0 Å². The van der Waals surface area contributed by atoms with Gasteiger partial charge in [-0.15, -0.1) is 0 Å². The number of benzene rings is 1. The molecule has 2 atom stereocenters. The molecule has 114 valence electrons. The third-order valence-electron chi connectivity index (χ3n) is 3.14. The molecule has 0 saturated carbocycles. The molecular formula is C16H28N2O2. The van der Waals surface area contributed by atoms with Crippen LogP contribution in [0.4, 0.5) is 0 Å². The third-order valence-corrected chi connectivity index (χ3v) is 3.14. The van der Waals surface area contributed by atoms with Crippen LogP contribution in [0.5, 0.6) is 5.75 Å². The van der Waals surface area contributed by atoms with Crippen molar-refractivity contribution in [2.45, 2.75) is 52.9 Å². The molecule has 2 unspecified atom stereocenters. The average molecular weight is 280 g/mol. The van der Waals surface area contributed by atoms with E-state index in [2.05, 4.69) is 19.3 Å². The third kappa shape index (κ3) is 4.78. The highest BCUT2D eigenvalue weighted by molar-refractivity contribution is 5.30. The van der Waals surface area contributed by atoms with E-state index in [1.165, 1.54) is 0 Å². The fourth-order valence-electron chi connectivity index (χ4n) is 2.27. The van der Waals surface area contributed by atoms with Gasteiger partial charge in [0.25, 0.3) is 0 Å². The van der Waals surface area contributed by atoms with E-state index in [-0.39, 0.29) is 18.2 Å². The molecule has 0 amide bonds. The summed E-state index contributed by atoms with van der Waals surface area (Å²) in [4.78, 5) is 0. The number of hydrogen-bond acceptors (Lipinski definition) is 4. The molecule has 4 nitrogen and oxygen atoms in total. The molecule has 0 radical (unpaired) electrons. The van der Waals surface area contributed by atoms with Gasteiger partial charge < -0.3 is 9.47 Å². The van der Waals surface area contributed by atoms with Crippen LogP contribution in [0.25, 0.3) is 0 Å². The van der Waals surface area contributed by atoms with Crippen molar-refractivity contribution in [3.05, 3.63) is 29.8 Å². The van der Waals surface area contributed by atoms with Gasteiger partial charge in [0.1, 0.15) is 5.75 Å². The van der Waals surface area contributed by atoms with Crippen molar-refractivity contribution in [2.75, 3.05) is 6.61 Å². The maximum absolute atomic E-state index is 5.83. The Morgan fingerprint density at radius 2 is 1.70 bits per heavy atom. The van der Waals surface area contributed by atoms with Crippen molar-refractivity contribution in [3.63, 3.8) is 0 Å². The highest BCUT2D eigenvalue weighted by atomic mass is 16.5. The largest absolute Gasteiger partial charge is 0.491 e. The molecule has 0 aromatic heterocycles. The minimum atomic E-state index is -0.0250. The lowest BCUT2D eigenvalue weighted by molar-refractivity contribution is 0.00275.